The summed E-state index contributed by atoms with van der Waals surface area (Å²) < 4.78 is 4.88. The first-order valence-corrected chi connectivity index (χ1v) is 3.94. The number of methoxy groups -OCH3 is 1. The van der Waals surface area contributed by atoms with E-state index in [1.54, 1.807) is 12.1 Å². The molecule has 4 nitrogen and oxygen atoms in total. The van der Waals surface area contributed by atoms with Gasteiger partial charge in [0.25, 0.3) is 0 Å². The van der Waals surface area contributed by atoms with Crippen molar-refractivity contribution in [2.75, 3.05) is 7.11 Å². The zero-order chi connectivity index (χ0) is 9.84. The molecule has 0 fully saturated rings. The Kier molecular flexibility index (Phi) is 3.36. The monoisotopic (exact) mass is 203 g/mol. The summed E-state index contributed by atoms with van der Waals surface area (Å²) in [6.45, 7) is 0.110. The van der Waals surface area contributed by atoms with Crippen molar-refractivity contribution < 1.29 is 14.7 Å². The van der Waals surface area contributed by atoms with Crippen LogP contribution in [0.1, 0.15) is 5.56 Å². The lowest BCUT2D eigenvalue weighted by Crippen LogP contribution is -1.99. The van der Waals surface area contributed by atoms with Gasteiger partial charge < -0.3 is 9.84 Å². The van der Waals surface area contributed by atoms with E-state index < -0.39 is 0 Å². The SMILES string of the molecule is COc1c(Cl)ccc(CON)c1O. The van der Waals surface area contributed by atoms with Gasteiger partial charge >= 0.3 is 0 Å². The fourth-order valence-electron chi connectivity index (χ4n) is 0.988. The molecular weight excluding hydrogens is 194 g/mol. The highest BCUT2D eigenvalue weighted by Gasteiger charge is 2.11. The molecule has 0 aliphatic carbocycles. The Balaban J connectivity index is 3.11. The van der Waals surface area contributed by atoms with Crippen LogP contribution in [-0.2, 0) is 11.4 Å². The van der Waals surface area contributed by atoms with Crippen LogP contribution in [0.4, 0.5) is 0 Å². The minimum absolute atomic E-state index is 0.0412. The first kappa shape index (κ1) is 10.1. The largest absolute Gasteiger partial charge is 0.504 e. The van der Waals surface area contributed by atoms with Crippen molar-refractivity contribution in [2.45, 2.75) is 6.61 Å². The molecule has 1 aromatic carbocycles. The summed E-state index contributed by atoms with van der Waals surface area (Å²) in [5, 5.41) is 9.90. The maximum Gasteiger partial charge on any atom is 0.179 e. The van der Waals surface area contributed by atoms with E-state index in [1.165, 1.54) is 7.11 Å². The minimum Gasteiger partial charge on any atom is -0.504 e. The Hall–Kier alpha value is -0.970. The van der Waals surface area contributed by atoms with E-state index in [2.05, 4.69) is 4.84 Å². The van der Waals surface area contributed by atoms with Crippen LogP contribution in [0.2, 0.25) is 5.02 Å². The molecule has 0 spiro atoms. The van der Waals surface area contributed by atoms with Gasteiger partial charge in [0.1, 0.15) is 0 Å². The number of phenolic OH excluding ortho intramolecular Hbond substituents is 1. The van der Waals surface area contributed by atoms with Crippen molar-refractivity contribution in [3.05, 3.63) is 22.7 Å². The fourth-order valence-corrected chi connectivity index (χ4v) is 1.22. The van der Waals surface area contributed by atoms with E-state index in [1.807, 2.05) is 0 Å². The van der Waals surface area contributed by atoms with Crippen molar-refractivity contribution in [1.29, 1.82) is 0 Å². The zero-order valence-electron chi connectivity index (χ0n) is 7.08. The van der Waals surface area contributed by atoms with E-state index >= 15 is 0 Å². The molecule has 0 aromatic heterocycles. The predicted molar refractivity (Wildman–Crippen MR) is 48.6 cm³/mol. The minimum atomic E-state index is -0.0412. The number of rotatable bonds is 3. The molecule has 13 heavy (non-hydrogen) atoms. The zero-order valence-corrected chi connectivity index (χ0v) is 7.84. The maximum absolute atomic E-state index is 9.56. The summed E-state index contributed by atoms with van der Waals surface area (Å²) in [6.07, 6.45) is 0. The smallest absolute Gasteiger partial charge is 0.179 e. The molecule has 0 aliphatic rings. The molecule has 0 radical (unpaired) electrons. The highest BCUT2D eigenvalue weighted by atomic mass is 35.5. The van der Waals surface area contributed by atoms with E-state index in [-0.39, 0.29) is 18.1 Å². The third-order valence-electron chi connectivity index (χ3n) is 1.61. The highest BCUT2D eigenvalue weighted by Crippen LogP contribution is 2.36. The van der Waals surface area contributed by atoms with Gasteiger partial charge in [-0.15, -0.1) is 0 Å². The second kappa shape index (κ2) is 4.32. The number of ether oxygens (including phenoxy) is 1. The third kappa shape index (κ3) is 2.03. The summed E-state index contributed by atoms with van der Waals surface area (Å²) in [6, 6.07) is 3.22. The van der Waals surface area contributed by atoms with Crippen molar-refractivity contribution in [3.8, 4) is 11.5 Å². The normalized spacial score (nSPS) is 10.1. The summed E-state index contributed by atoms with van der Waals surface area (Å²) in [4.78, 5) is 4.39. The van der Waals surface area contributed by atoms with Gasteiger partial charge in [0.05, 0.1) is 18.7 Å². The van der Waals surface area contributed by atoms with Crippen LogP contribution in [0.15, 0.2) is 12.1 Å². The van der Waals surface area contributed by atoms with Crippen LogP contribution in [0.5, 0.6) is 11.5 Å². The molecule has 3 N–H and O–H groups in total. The Morgan fingerprint density at radius 2 is 2.23 bits per heavy atom. The summed E-state index contributed by atoms with van der Waals surface area (Å²) in [7, 11) is 1.42. The quantitative estimate of drug-likeness (QED) is 0.730. The first-order chi connectivity index (χ1) is 6.20. The molecular formula is C8H10ClNO3. The van der Waals surface area contributed by atoms with Crippen LogP contribution in [-0.4, -0.2) is 12.2 Å². The van der Waals surface area contributed by atoms with Crippen LogP contribution >= 0.6 is 11.6 Å². The van der Waals surface area contributed by atoms with E-state index in [4.69, 9.17) is 22.2 Å². The Morgan fingerprint density at radius 3 is 2.77 bits per heavy atom. The summed E-state index contributed by atoms with van der Waals surface area (Å²) in [5.41, 5.74) is 0.531. The van der Waals surface area contributed by atoms with Crippen LogP contribution in [0.3, 0.4) is 0 Å². The molecule has 0 saturated carbocycles. The molecule has 72 valence electrons. The van der Waals surface area contributed by atoms with Gasteiger partial charge in [0.15, 0.2) is 11.5 Å². The Bertz CT molecular complexity index is 304. The molecule has 1 aromatic rings. The highest BCUT2D eigenvalue weighted by molar-refractivity contribution is 6.32. The van der Waals surface area contributed by atoms with Crippen molar-refractivity contribution >= 4 is 11.6 Å². The van der Waals surface area contributed by atoms with Crippen molar-refractivity contribution in [3.63, 3.8) is 0 Å². The average molecular weight is 204 g/mol. The van der Waals surface area contributed by atoms with Gasteiger partial charge in [-0.2, -0.15) is 0 Å². The summed E-state index contributed by atoms with van der Waals surface area (Å²) >= 11 is 5.74. The summed E-state index contributed by atoms with van der Waals surface area (Å²) in [5.74, 6) is 5.07. The molecule has 0 saturated heterocycles. The van der Waals surface area contributed by atoms with Crippen LogP contribution in [0.25, 0.3) is 0 Å². The van der Waals surface area contributed by atoms with E-state index in [0.717, 1.165) is 0 Å². The Labute approximate surface area is 80.8 Å². The predicted octanol–water partition coefficient (Wildman–Crippen LogP) is 1.44. The standard InChI is InChI=1S/C8H10ClNO3/c1-12-8-6(9)3-2-5(4-13-10)7(8)11/h2-3,11H,4,10H2,1H3. The van der Waals surface area contributed by atoms with Gasteiger partial charge in [-0.3, -0.25) is 4.84 Å². The van der Waals surface area contributed by atoms with Crippen molar-refractivity contribution in [2.24, 2.45) is 5.90 Å². The molecule has 0 unspecified atom stereocenters. The lowest BCUT2D eigenvalue weighted by atomic mass is 10.2. The maximum atomic E-state index is 9.56. The van der Waals surface area contributed by atoms with Gasteiger partial charge in [0.2, 0.25) is 0 Å². The number of hydrogen-bond donors (Lipinski definition) is 2. The average Bonchev–Trinajstić information content (AvgIpc) is 2.11. The van der Waals surface area contributed by atoms with E-state index in [9.17, 15) is 5.11 Å². The molecule has 1 rings (SSSR count). The molecule has 5 heteroatoms. The van der Waals surface area contributed by atoms with Crippen LogP contribution in [0, 0.1) is 0 Å². The second-order valence-electron chi connectivity index (χ2n) is 2.40. The number of nitrogens with two attached hydrogens (primary N) is 1. The topological polar surface area (TPSA) is 64.7 Å². The Morgan fingerprint density at radius 1 is 1.54 bits per heavy atom. The molecule has 0 bridgehead atoms. The molecule has 0 aliphatic heterocycles. The lowest BCUT2D eigenvalue weighted by Gasteiger charge is -2.09. The van der Waals surface area contributed by atoms with Gasteiger partial charge in [-0.05, 0) is 6.07 Å². The van der Waals surface area contributed by atoms with Crippen LogP contribution < -0.4 is 10.6 Å². The van der Waals surface area contributed by atoms with Crippen molar-refractivity contribution in [1.82, 2.24) is 0 Å². The third-order valence-corrected chi connectivity index (χ3v) is 1.91. The first-order valence-electron chi connectivity index (χ1n) is 3.56. The number of hydrogen-bond acceptors (Lipinski definition) is 4. The number of aromatic hydroxyl groups is 1. The second-order valence-corrected chi connectivity index (χ2v) is 2.81. The lowest BCUT2D eigenvalue weighted by molar-refractivity contribution is 0.122. The number of halogens is 1. The number of benzene rings is 1. The fraction of sp³-hybridized carbons (Fsp3) is 0.250. The molecule has 0 atom stereocenters. The van der Waals surface area contributed by atoms with Gasteiger partial charge in [-0.25, -0.2) is 5.90 Å². The molecule has 0 amide bonds. The van der Waals surface area contributed by atoms with Gasteiger partial charge in [-0.1, -0.05) is 17.7 Å². The van der Waals surface area contributed by atoms with E-state index in [0.29, 0.717) is 10.6 Å². The molecule has 0 heterocycles. The van der Waals surface area contributed by atoms with Gasteiger partial charge in [0, 0.05) is 5.56 Å². The number of phenols is 1.